The van der Waals surface area contributed by atoms with E-state index in [1.165, 1.54) is 24.3 Å². The van der Waals surface area contributed by atoms with Gasteiger partial charge >= 0.3 is 42.8 Å². The molecule has 1 aliphatic heterocycles. The van der Waals surface area contributed by atoms with E-state index in [9.17, 15) is 57.3 Å². The van der Waals surface area contributed by atoms with Gasteiger partial charge in [0.25, 0.3) is 5.56 Å². The number of aliphatic hydroxyl groups is 1. The first-order chi connectivity index (χ1) is 24.3. The van der Waals surface area contributed by atoms with Crippen molar-refractivity contribution in [2.75, 3.05) is 11.9 Å². The predicted octanol–water partition coefficient (Wildman–Crippen LogP) is 3.32. The zero-order chi connectivity index (χ0) is 37.9. The number of rotatable bonds is 14. The number of aromatic nitrogens is 2. The number of benzene rings is 3. The highest BCUT2D eigenvalue weighted by Crippen LogP contribution is 2.71. The van der Waals surface area contributed by atoms with Gasteiger partial charge in [0, 0.05) is 18.0 Å². The molecule has 1 saturated heterocycles. The van der Waals surface area contributed by atoms with Crippen LogP contribution < -0.4 is 16.6 Å². The number of ether oxygens (including phenoxy) is 2. The first-order valence-electron chi connectivity index (χ1n) is 14.6. The third kappa shape index (κ3) is 10.5. The van der Waals surface area contributed by atoms with Gasteiger partial charge in [0.1, 0.15) is 12.2 Å². The highest BCUT2D eigenvalue weighted by atomic mass is 31.3. The number of hydrogen-bond acceptors (Lipinski definition) is 14. The van der Waals surface area contributed by atoms with Crippen LogP contribution >= 0.6 is 31.1 Å². The normalized spacial score (nSPS) is 23.5. The van der Waals surface area contributed by atoms with E-state index in [0.29, 0.717) is 10.8 Å². The van der Waals surface area contributed by atoms with Gasteiger partial charge in [0.05, 0.1) is 12.8 Å². The van der Waals surface area contributed by atoms with Crippen molar-refractivity contribution in [1.82, 2.24) is 9.55 Å². The third-order valence-corrected chi connectivity index (χ3v) is 13.4. The fraction of sp³-hybridized carbons (Fsp3) is 0.222. The van der Waals surface area contributed by atoms with Crippen LogP contribution in [0.15, 0.2) is 94.6 Å². The number of H-pyrrole nitrogens is 1. The fourth-order valence-electron chi connectivity index (χ4n) is 4.94. The summed E-state index contributed by atoms with van der Waals surface area (Å²) in [5, 5.41) is 14.4. The molecule has 280 valence electrons. The number of aromatic amines is 1. The van der Waals surface area contributed by atoms with Crippen molar-refractivity contribution >= 4 is 53.6 Å². The zero-order valence-corrected chi connectivity index (χ0v) is 29.7. The van der Waals surface area contributed by atoms with E-state index in [-0.39, 0.29) is 11.3 Å². The van der Waals surface area contributed by atoms with E-state index in [4.69, 9.17) is 9.47 Å². The summed E-state index contributed by atoms with van der Waals surface area (Å²) < 4.78 is 78.6. The van der Waals surface area contributed by atoms with Gasteiger partial charge in [0.15, 0.2) is 12.3 Å². The van der Waals surface area contributed by atoms with Crippen molar-refractivity contribution in [3.63, 3.8) is 0 Å². The maximum atomic E-state index is 12.7. The summed E-state index contributed by atoms with van der Waals surface area (Å²) in [6, 6.07) is 20.0. The summed E-state index contributed by atoms with van der Waals surface area (Å²) in [6.45, 7) is -1.19. The topological polar surface area (TPSA) is 309 Å². The Balaban J connectivity index is 1.23. The zero-order valence-electron chi connectivity index (χ0n) is 26.1. The summed E-state index contributed by atoms with van der Waals surface area (Å²) in [5.74, 6) is 0. The predicted molar refractivity (Wildman–Crippen MR) is 178 cm³/mol. The minimum absolute atomic E-state index is 0.203. The van der Waals surface area contributed by atoms with Gasteiger partial charge in [-0.25, -0.2) is 27.6 Å². The second-order valence-electron chi connectivity index (χ2n) is 10.8. The molecule has 0 bridgehead atoms. The number of fused-ring (bicyclic) bond motifs is 1. The standard InChI is InChI=1S/C27H29N3O18P4/c31-22-13-14-30(26(33)29-22)25-24(45-27(34)28-19-10-2-1-3-11-19)23(32)21(44-25)15-43-50(37,38)47-52(41,42)48-51(39,40)46-49(35,36)16-18-9-6-8-17-7-4-5-12-20(17)18/h1-14,21,23-25,32H,15-16H2,(H,28,34)(H,35,36)(H,37,38)(H,39,40)(H,41,42)(H,29,31,33)/t21-,23-,24-,25-/m1/s1. The first kappa shape index (κ1) is 39.6. The Bertz CT molecular complexity index is 2240. The number of nitrogens with one attached hydrogen (secondary N) is 2. The van der Waals surface area contributed by atoms with Crippen molar-refractivity contribution in [2.45, 2.75) is 30.7 Å². The quantitative estimate of drug-likeness (QED) is 0.0899. The van der Waals surface area contributed by atoms with Gasteiger partial charge in [0.2, 0.25) is 0 Å². The van der Waals surface area contributed by atoms with Crippen molar-refractivity contribution < 1.29 is 74.7 Å². The third-order valence-electron chi connectivity index (χ3n) is 7.00. The largest absolute Gasteiger partial charge is 0.490 e. The van der Waals surface area contributed by atoms with Gasteiger partial charge in [-0.15, -0.1) is 0 Å². The van der Waals surface area contributed by atoms with E-state index in [0.717, 1.165) is 16.8 Å². The smallest absolute Gasteiger partial charge is 0.438 e. The number of hydrogen-bond donors (Lipinski definition) is 7. The molecule has 3 aromatic carbocycles. The second-order valence-corrected chi connectivity index (χ2v) is 17.4. The molecule has 0 saturated carbocycles. The van der Waals surface area contributed by atoms with Crippen LogP contribution in [0.25, 0.3) is 10.8 Å². The van der Waals surface area contributed by atoms with Crippen LogP contribution in [0.2, 0.25) is 0 Å². The number of para-hydroxylation sites is 1. The summed E-state index contributed by atoms with van der Waals surface area (Å²) in [4.78, 5) is 78.9. The number of aliphatic hydroxyl groups excluding tert-OH is 1. The number of carbonyl (C=O) groups is 1. The average Bonchev–Trinajstić information content (AvgIpc) is 3.32. The van der Waals surface area contributed by atoms with Crippen LogP contribution in [0.1, 0.15) is 11.8 Å². The van der Waals surface area contributed by atoms with E-state index >= 15 is 0 Å². The highest BCUT2D eigenvalue weighted by Gasteiger charge is 2.50. The Labute approximate surface area is 291 Å². The molecule has 7 N–H and O–H groups in total. The minimum Gasteiger partial charge on any atom is -0.438 e. The Hall–Kier alpha value is -3.61. The molecule has 1 aliphatic rings. The number of carbonyl (C=O) groups excluding carboxylic acids is 1. The van der Waals surface area contributed by atoms with Crippen molar-refractivity contribution in [2.24, 2.45) is 0 Å². The van der Waals surface area contributed by atoms with Crippen LogP contribution in [0.3, 0.4) is 0 Å². The van der Waals surface area contributed by atoms with Gasteiger partial charge < -0.3 is 34.2 Å². The summed E-state index contributed by atoms with van der Waals surface area (Å²) >= 11 is 0. The molecule has 8 atom stereocenters. The molecule has 5 rings (SSSR count). The lowest BCUT2D eigenvalue weighted by atomic mass is 10.1. The van der Waals surface area contributed by atoms with E-state index in [1.54, 1.807) is 48.5 Å². The fourth-order valence-corrected chi connectivity index (χ4v) is 10.6. The van der Waals surface area contributed by atoms with Gasteiger partial charge in [-0.2, -0.15) is 8.62 Å². The number of nitrogens with zero attached hydrogens (tertiary/aromatic N) is 1. The highest BCUT2D eigenvalue weighted by molar-refractivity contribution is 7.70. The maximum absolute atomic E-state index is 12.7. The molecule has 25 heteroatoms. The number of anilines is 1. The molecular formula is C27H29N3O18P4. The number of phosphoric ester groups is 1. The van der Waals surface area contributed by atoms with Crippen molar-refractivity contribution in [3.05, 3.63) is 111 Å². The molecule has 0 spiro atoms. The molecule has 4 unspecified atom stereocenters. The van der Waals surface area contributed by atoms with Gasteiger partial charge in [-0.1, -0.05) is 60.7 Å². The van der Waals surface area contributed by atoms with E-state index < -0.39 is 85.7 Å². The number of amides is 1. The molecule has 52 heavy (non-hydrogen) atoms. The molecule has 1 amide bonds. The van der Waals surface area contributed by atoms with Crippen LogP contribution in [-0.4, -0.2) is 65.2 Å². The molecule has 4 aromatic rings. The minimum atomic E-state index is -6.12. The lowest BCUT2D eigenvalue weighted by Gasteiger charge is -2.22. The lowest BCUT2D eigenvalue weighted by molar-refractivity contribution is -0.0551. The maximum Gasteiger partial charge on any atom is 0.490 e. The van der Waals surface area contributed by atoms with Crippen molar-refractivity contribution in [1.29, 1.82) is 0 Å². The molecule has 1 aromatic heterocycles. The molecular weight excluding hydrogens is 778 g/mol. The van der Waals surface area contributed by atoms with Gasteiger partial charge in [-0.05, 0) is 28.5 Å². The van der Waals surface area contributed by atoms with Crippen LogP contribution in [0.4, 0.5) is 10.5 Å². The van der Waals surface area contributed by atoms with E-state index in [2.05, 4.69) is 22.8 Å². The summed E-state index contributed by atoms with van der Waals surface area (Å²) in [5.41, 5.74) is -1.40. The molecule has 0 aliphatic carbocycles. The Morgan fingerprint density at radius 1 is 0.827 bits per heavy atom. The first-order valence-corrected chi connectivity index (χ1v) is 20.8. The van der Waals surface area contributed by atoms with Crippen LogP contribution in [-0.2, 0) is 51.4 Å². The Kier molecular flexibility index (Phi) is 12.0. The van der Waals surface area contributed by atoms with Gasteiger partial charge in [-0.3, -0.25) is 28.8 Å². The SMILES string of the molecule is O=C(Nc1ccccc1)O[C@@H]1[C@H](O)[C@@H](COP(=O)(O)OP(=O)(O)OP(=O)(O)OP(=O)(O)Cc2cccc3ccccc23)O[C@H]1n1ccc(=O)[nH]c1=O. The molecule has 2 heterocycles. The summed E-state index contributed by atoms with van der Waals surface area (Å²) in [7, 11) is -23.0. The average molecular weight is 807 g/mol. The van der Waals surface area contributed by atoms with Crippen molar-refractivity contribution in [3.8, 4) is 0 Å². The number of phosphoric acid groups is 3. The molecule has 0 radical (unpaired) electrons. The van der Waals surface area contributed by atoms with E-state index in [1.807, 2.05) is 4.98 Å². The molecule has 1 fully saturated rings. The Morgan fingerprint density at radius 2 is 1.46 bits per heavy atom. The monoisotopic (exact) mass is 807 g/mol. The summed E-state index contributed by atoms with van der Waals surface area (Å²) in [6.07, 6.45) is -8.16. The second kappa shape index (κ2) is 15.8. The van der Waals surface area contributed by atoms with Crippen LogP contribution in [0.5, 0.6) is 0 Å². The Morgan fingerprint density at radius 3 is 2.17 bits per heavy atom. The van der Waals surface area contributed by atoms with Crippen LogP contribution in [0, 0.1) is 0 Å². The lowest BCUT2D eigenvalue weighted by Crippen LogP contribution is -2.41. The molecule has 21 nitrogen and oxygen atoms in total.